The van der Waals surface area contributed by atoms with Crippen molar-refractivity contribution in [2.75, 3.05) is 19.0 Å². The van der Waals surface area contributed by atoms with E-state index in [0.717, 1.165) is 36.1 Å². The number of primary amides is 1. The van der Waals surface area contributed by atoms with Gasteiger partial charge in [-0.15, -0.1) is 11.3 Å². The van der Waals surface area contributed by atoms with E-state index in [9.17, 15) is 14.4 Å². The van der Waals surface area contributed by atoms with Crippen LogP contribution in [0.3, 0.4) is 0 Å². The maximum atomic E-state index is 12.4. The van der Waals surface area contributed by atoms with E-state index >= 15 is 0 Å². The minimum absolute atomic E-state index is 0.0853. The smallest absolute Gasteiger partial charge is 0.341 e. The molecular formula is C19H19ClN2O5S. The van der Waals surface area contributed by atoms with Crippen molar-refractivity contribution >= 4 is 45.7 Å². The highest BCUT2D eigenvalue weighted by molar-refractivity contribution is 7.17. The summed E-state index contributed by atoms with van der Waals surface area (Å²) in [6.45, 7) is -0.356. The van der Waals surface area contributed by atoms with Crippen molar-refractivity contribution in [1.29, 1.82) is 0 Å². The molecule has 0 fully saturated rings. The standard InChI is InChI=1S/C19H19ClN2O5S/c1-26-19(25)16-11-4-2-3-5-14(11)28-18(16)22-15(23)9-27-13-7-6-10(20)8-12(13)17(21)24/h6-8H,2-5,9H2,1H3,(H2,21,24)(H,22,23). The lowest BCUT2D eigenvalue weighted by molar-refractivity contribution is -0.118. The number of anilines is 1. The summed E-state index contributed by atoms with van der Waals surface area (Å²) in [6, 6.07) is 4.38. The Morgan fingerprint density at radius 3 is 2.71 bits per heavy atom. The molecule has 28 heavy (non-hydrogen) atoms. The van der Waals surface area contributed by atoms with Gasteiger partial charge in [0.05, 0.1) is 18.2 Å². The molecule has 3 N–H and O–H groups in total. The minimum atomic E-state index is -0.711. The van der Waals surface area contributed by atoms with E-state index < -0.39 is 17.8 Å². The molecule has 0 bridgehead atoms. The van der Waals surface area contributed by atoms with Crippen LogP contribution >= 0.6 is 22.9 Å². The van der Waals surface area contributed by atoms with E-state index in [0.29, 0.717) is 15.6 Å². The Bertz CT molecular complexity index is 941. The van der Waals surface area contributed by atoms with E-state index in [2.05, 4.69) is 5.32 Å². The van der Waals surface area contributed by atoms with Gasteiger partial charge in [0.2, 0.25) is 0 Å². The molecule has 9 heteroatoms. The molecule has 1 aromatic carbocycles. The first kappa shape index (κ1) is 20.2. The number of rotatable bonds is 6. The predicted octanol–water partition coefficient (Wildman–Crippen LogP) is 3.18. The number of nitrogens with one attached hydrogen (secondary N) is 1. The van der Waals surface area contributed by atoms with Crippen molar-refractivity contribution in [3.63, 3.8) is 0 Å². The van der Waals surface area contributed by atoms with Crippen LogP contribution in [0, 0.1) is 0 Å². The number of benzene rings is 1. The molecule has 1 aromatic heterocycles. The van der Waals surface area contributed by atoms with Gasteiger partial charge in [-0.3, -0.25) is 9.59 Å². The van der Waals surface area contributed by atoms with Crippen LogP contribution in [0.15, 0.2) is 18.2 Å². The molecule has 0 aliphatic heterocycles. The molecule has 1 aliphatic carbocycles. The van der Waals surface area contributed by atoms with E-state index in [1.54, 1.807) is 0 Å². The lowest BCUT2D eigenvalue weighted by Gasteiger charge is -2.12. The van der Waals surface area contributed by atoms with Crippen molar-refractivity contribution in [2.24, 2.45) is 5.73 Å². The Morgan fingerprint density at radius 1 is 1.25 bits per heavy atom. The van der Waals surface area contributed by atoms with Crippen LogP contribution in [0.25, 0.3) is 0 Å². The largest absolute Gasteiger partial charge is 0.483 e. The zero-order valence-electron chi connectivity index (χ0n) is 15.2. The summed E-state index contributed by atoms with van der Waals surface area (Å²) < 4.78 is 10.3. The summed E-state index contributed by atoms with van der Waals surface area (Å²) in [4.78, 5) is 37.2. The molecule has 0 spiro atoms. The van der Waals surface area contributed by atoms with E-state index in [4.69, 9.17) is 26.8 Å². The number of aryl methyl sites for hydroxylation is 1. The number of carbonyl (C=O) groups is 3. The van der Waals surface area contributed by atoms with Crippen LogP contribution in [0.2, 0.25) is 5.02 Å². The van der Waals surface area contributed by atoms with Gasteiger partial charge in [0, 0.05) is 9.90 Å². The summed E-state index contributed by atoms with van der Waals surface area (Å²) in [5, 5.41) is 3.51. The van der Waals surface area contributed by atoms with E-state index in [1.807, 2.05) is 0 Å². The molecule has 0 unspecified atom stereocenters. The SMILES string of the molecule is COC(=O)c1c(NC(=O)COc2ccc(Cl)cc2C(N)=O)sc2c1CCCC2. The third kappa shape index (κ3) is 4.28. The summed E-state index contributed by atoms with van der Waals surface area (Å²) >= 11 is 7.24. The number of fused-ring (bicyclic) bond motifs is 1. The molecule has 2 amide bonds. The average molecular weight is 423 g/mol. The molecular weight excluding hydrogens is 404 g/mol. The number of hydrogen-bond donors (Lipinski definition) is 2. The highest BCUT2D eigenvalue weighted by atomic mass is 35.5. The highest BCUT2D eigenvalue weighted by Crippen LogP contribution is 2.38. The van der Waals surface area contributed by atoms with Crippen molar-refractivity contribution in [3.05, 3.63) is 44.8 Å². The van der Waals surface area contributed by atoms with Gasteiger partial charge in [-0.1, -0.05) is 11.6 Å². The number of methoxy groups -OCH3 is 1. The predicted molar refractivity (Wildman–Crippen MR) is 106 cm³/mol. The molecule has 0 atom stereocenters. The second-order valence-electron chi connectivity index (χ2n) is 6.25. The van der Waals surface area contributed by atoms with Crippen molar-refractivity contribution < 1.29 is 23.9 Å². The molecule has 0 radical (unpaired) electrons. The minimum Gasteiger partial charge on any atom is -0.483 e. The Balaban J connectivity index is 1.75. The summed E-state index contributed by atoms with van der Waals surface area (Å²) in [5.74, 6) is -1.49. The third-order valence-corrected chi connectivity index (χ3v) is 5.82. The van der Waals surface area contributed by atoms with Crippen LogP contribution in [0.4, 0.5) is 5.00 Å². The van der Waals surface area contributed by atoms with Gasteiger partial charge in [-0.05, 0) is 49.4 Å². The number of ether oxygens (including phenoxy) is 2. The number of thiophene rings is 1. The number of hydrogen-bond acceptors (Lipinski definition) is 6. The number of halogens is 1. The fraction of sp³-hybridized carbons (Fsp3) is 0.316. The van der Waals surface area contributed by atoms with Crippen LogP contribution in [-0.2, 0) is 22.4 Å². The van der Waals surface area contributed by atoms with Crippen LogP contribution in [0.5, 0.6) is 5.75 Å². The Hall–Kier alpha value is -2.58. The Morgan fingerprint density at radius 2 is 2.00 bits per heavy atom. The first-order valence-corrected chi connectivity index (χ1v) is 9.85. The maximum Gasteiger partial charge on any atom is 0.341 e. The maximum absolute atomic E-state index is 12.4. The van der Waals surface area contributed by atoms with Crippen LogP contribution < -0.4 is 15.8 Å². The third-order valence-electron chi connectivity index (χ3n) is 4.38. The average Bonchev–Trinajstić information content (AvgIpc) is 3.03. The molecule has 2 aromatic rings. The van der Waals surface area contributed by atoms with E-state index in [-0.39, 0.29) is 17.9 Å². The Labute approximate surface area is 170 Å². The van der Waals surface area contributed by atoms with Gasteiger partial charge in [-0.25, -0.2) is 4.79 Å². The fourth-order valence-corrected chi connectivity index (χ4v) is 4.56. The number of esters is 1. The van der Waals surface area contributed by atoms with Crippen LogP contribution in [-0.4, -0.2) is 31.5 Å². The van der Waals surface area contributed by atoms with Gasteiger partial charge >= 0.3 is 5.97 Å². The molecule has 1 aliphatic rings. The van der Waals surface area contributed by atoms with Gasteiger partial charge in [0.15, 0.2) is 6.61 Å². The van der Waals surface area contributed by atoms with Gasteiger partial charge in [-0.2, -0.15) is 0 Å². The van der Waals surface area contributed by atoms with Crippen LogP contribution in [0.1, 0.15) is 44.0 Å². The number of carbonyl (C=O) groups excluding carboxylic acids is 3. The van der Waals surface area contributed by atoms with Crippen molar-refractivity contribution in [2.45, 2.75) is 25.7 Å². The molecule has 3 rings (SSSR count). The lowest BCUT2D eigenvalue weighted by Crippen LogP contribution is -2.22. The number of amides is 2. The van der Waals surface area contributed by atoms with Crippen molar-refractivity contribution in [3.8, 4) is 5.75 Å². The first-order valence-electron chi connectivity index (χ1n) is 8.65. The molecule has 0 saturated carbocycles. The molecule has 1 heterocycles. The molecule has 0 saturated heterocycles. The fourth-order valence-electron chi connectivity index (χ4n) is 3.10. The second kappa shape index (κ2) is 8.62. The summed E-state index contributed by atoms with van der Waals surface area (Å²) in [6.07, 6.45) is 3.71. The Kier molecular flexibility index (Phi) is 6.21. The van der Waals surface area contributed by atoms with Gasteiger partial charge in [0.25, 0.3) is 11.8 Å². The quantitative estimate of drug-likeness (QED) is 0.695. The summed E-state index contributed by atoms with van der Waals surface area (Å²) in [7, 11) is 1.32. The van der Waals surface area contributed by atoms with Gasteiger partial charge in [0.1, 0.15) is 10.8 Å². The molecule has 148 valence electrons. The highest BCUT2D eigenvalue weighted by Gasteiger charge is 2.27. The topological polar surface area (TPSA) is 108 Å². The van der Waals surface area contributed by atoms with E-state index in [1.165, 1.54) is 36.6 Å². The van der Waals surface area contributed by atoms with Gasteiger partial charge < -0.3 is 20.5 Å². The molecule has 7 nitrogen and oxygen atoms in total. The zero-order chi connectivity index (χ0) is 20.3. The second-order valence-corrected chi connectivity index (χ2v) is 7.79. The normalized spacial score (nSPS) is 12.8. The zero-order valence-corrected chi connectivity index (χ0v) is 16.7. The van der Waals surface area contributed by atoms with Crippen molar-refractivity contribution in [1.82, 2.24) is 0 Å². The number of nitrogens with two attached hydrogens (primary N) is 1. The first-order chi connectivity index (χ1) is 13.4. The lowest BCUT2D eigenvalue weighted by atomic mass is 9.95. The monoisotopic (exact) mass is 422 g/mol. The summed E-state index contributed by atoms with van der Waals surface area (Å²) in [5.41, 5.74) is 6.76.